The summed E-state index contributed by atoms with van der Waals surface area (Å²) in [7, 11) is 0. The monoisotopic (exact) mass is 283 g/mol. The van der Waals surface area contributed by atoms with Gasteiger partial charge in [0.1, 0.15) is 5.69 Å². The zero-order chi connectivity index (χ0) is 12.3. The van der Waals surface area contributed by atoms with E-state index < -0.39 is 3.79 Å². The molecule has 0 unspecified atom stereocenters. The van der Waals surface area contributed by atoms with Gasteiger partial charge in [-0.2, -0.15) is 0 Å². The molecule has 0 bridgehead atoms. The molecule has 0 amide bonds. The average molecular weight is 285 g/mol. The Morgan fingerprint density at radius 3 is 2.38 bits per heavy atom. The first-order chi connectivity index (χ1) is 7.38. The van der Waals surface area contributed by atoms with Gasteiger partial charge in [0.25, 0.3) is 0 Å². The Bertz CT molecular complexity index is 342. The molecular weight excluding hydrogens is 268 g/mol. The molecule has 0 aliphatic rings. The molecule has 0 aliphatic carbocycles. The fourth-order valence-electron chi connectivity index (χ4n) is 1.53. The van der Waals surface area contributed by atoms with E-state index in [4.69, 9.17) is 34.8 Å². The Labute approximate surface area is 111 Å². The number of aromatic nitrogens is 3. The number of hydrogen-bond acceptors (Lipinski definition) is 2. The minimum atomic E-state index is -1.49. The van der Waals surface area contributed by atoms with E-state index in [2.05, 4.69) is 17.2 Å². The number of unbranched alkanes of at least 4 members (excludes halogenated alkanes) is 1. The first-order valence-corrected chi connectivity index (χ1v) is 6.52. The van der Waals surface area contributed by atoms with Crippen LogP contribution in [-0.2, 0) is 10.2 Å². The summed E-state index contributed by atoms with van der Waals surface area (Å²) in [6.45, 7) is 6.19. The zero-order valence-electron chi connectivity index (χ0n) is 9.67. The normalized spacial score (nSPS) is 12.4. The highest BCUT2D eigenvalue weighted by atomic mass is 35.6. The molecule has 0 spiro atoms. The summed E-state index contributed by atoms with van der Waals surface area (Å²) in [6.07, 6.45) is 2.96. The van der Waals surface area contributed by atoms with Crippen molar-refractivity contribution in [3.63, 3.8) is 0 Å². The minimum Gasteiger partial charge on any atom is -0.246 e. The molecule has 1 aromatic heterocycles. The second-order valence-corrected chi connectivity index (χ2v) is 6.31. The molecule has 3 nitrogen and oxygen atoms in total. The van der Waals surface area contributed by atoms with Crippen LogP contribution < -0.4 is 0 Å². The highest BCUT2D eigenvalue weighted by Crippen LogP contribution is 2.39. The second kappa shape index (κ2) is 5.56. The van der Waals surface area contributed by atoms with Gasteiger partial charge in [0.05, 0.1) is 5.69 Å². The fourth-order valence-corrected chi connectivity index (χ4v) is 1.97. The van der Waals surface area contributed by atoms with E-state index in [1.807, 2.05) is 18.5 Å². The molecule has 6 heteroatoms. The van der Waals surface area contributed by atoms with Crippen molar-refractivity contribution in [1.29, 1.82) is 0 Å². The minimum absolute atomic E-state index is 0.223. The number of rotatable bonds is 4. The summed E-state index contributed by atoms with van der Waals surface area (Å²) < 4.78 is 0.336. The van der Waals surface area contributed by atoms with Gasteiger partial charge in [-0.15, -0.1) is 5.10 Å². The molecule has 0 aliphatic heterocycles. The van der Waals surface area contributed by atoms with Crippen LogP contribution in [0.15, 0.2) is 0 Å². The molecule has 0 radical (unpaired) electrons. The number of nitrogens with zero attached hydrogens (tertiary/aromatic N) is 3. The SMILES string of the molecule is CCCCc1c(C(Cl)(Cl)Cl)nnn1C(C)C. The van der Waals surface area contributed by atoms with Crippen LogP contribution in [0.25, 0.3) is 0 Å². The first kappa shape index (κ1) is 14.1. The lowest BCUT2D eigenvalue weighted by atomic mass is 10.1. The van der Waals surface area contributed by atoms with Crippen LogP contribution >= 0.6 is 34.8 Å². The maximum Gasteiger partial charge on any atom is 0.236 e. The highest BCUT2D eigenvalue weighted by molar-refractivity contribution is 6.66. The quantitative estimate of drug-likeness (QED) is 0.782. The van der Waals surface area contributed by atoms with Crippen molar-refractivity contribution in [1.82, 2.24) is 15.0 Å². The summed E-state index contributed by atoms with van der Waals surface area (Å²) in [5, 5.41) is 8.03. The predicted octanol–water partition coefficient (Wildman–Crippen LogP) is 4.03. The van der Waals surface area contributed by atoms with Crippen molar-refractivity contribution < 1.29 is 0 Å². The number of halogens is 3. The van der Waals surface area contributed by atoms with E-state index in [9.17, 15) is 0 Å². The lowest BCUT2D eigenvalue weighted by molar-refractivity contribution is 0.490. The Balaban J connectivity index is 3.09. The van der Waals surface area contributed by atoms with Gasteiger partial charge in [-0.25, -0.2) is 4.68 Å². The van der Waals surface area contributed by atoms with E-state index in [0.29, 0.717) is 5.69 Å². The zero-order valence-corrected chi connectivity index (χ0v) is 11.9. The molecule has 0 aromatic carbocycles. The van der Waals surface area contributed by atoms with Gasteiger partial charge in [-0.3, -0.25) is 0 Å². The van der Waals surface area contributed by atoms with Gasteiger partial charge in [0.15, 0.2) is 0 Å². The number of hydrogen-bond donors (Lipinski definition) is 0. The largest absolute Gasteiger partial charge is 0.246 e. The van der Waals surface area contributed by atoms with E-state index in [0.717, 1.165) is 25.0 Å². The standard InChI is InChI=1S/C10H16Cl3N3/c1-4-5-6-8-9(10(11,12)13)14-15-16(8)7(2)3/h7H,4-6H2,1-3H3. The van der Waals surface area contributed by atoms with Crippen molar-refractivity contribution in [2.24, 2.45) is 0 Å². The van der Waals surface area contributed by atoms with Crippen molar-refractivity contribution in [2.45, 2.75) is 49.9 Å². The molecule has 16 heavy (non-hydrogen) atoms. The van der Waals surface area contributed by atoms with Crippen molar-refractivity contribution in [2.75, 3.05) is 0 Å². The Kier molecular flexibility index (Phi) is 4.89. The maximum atomic E-state index is 5.88. The van der Waals surface area contributed by atoms with Crippen LogP contribution in [0.1, 0.15) is 51.0 Å². The fraction of sp³-hybridized carbons (Fsp3) is 0.800. The topological polar surface area (TPSA) is 30.7 Å². The Morgan fingerprint density at radius 2 is 1.94 bits per heavy atom. The lowest BCUT2D eigenvalue weighted by Crippen LogP contribution is -2.11. The molecular formula is C10H16Cl3N3. The van der Waals surface area contributed by atoms with Crippen LogP contribution in [0.3, 0.4) is 0 Å². The molecule has 0 saturated heterocycles. The summed E-state index contributed by atoms with van der Waals surface area (Å²) in [5.41, 5.74) is 1.39. The van der Waals surface area contributed by atoms with E-state index >= 15 is 0 Å². The third-order valence-electron chi connectivity index (χ3n) is 2.32. The Hall–Kier alpha value is 0.01000. The van der Waals surface area contributed by atoms with E-state index in [1.54, 1.807) is 0 Å². The molecule has 1 rings (SSSR count). The summed E-state index contributed by atoms with van der Waals surface area (Å²) in [4.78, 5) is 0. The third-order valence-corrected chi connectivity index (χ3v) is 2.85. The molecule has 92 valence electrons. The van der Waals surface area contributed by atoms with Crippen molar-refractivity contribution in [3.8, 4) is 0 Å². The molecule has 0 N–H and O–H groups in total. The molecule has 1 heterocycles. The van der Waals surface area contributed by atoms with Gasteiger partial charge in [-0.05, 0) is 26.7 Å². The van der Waals surface area contributed by atoms with Crippen molar-refractivity contribution in [3.05, 3.63) is 11.4 Å². The van der Waals surface area contributed by atoms with Crippen LogP contribution in [0.5, 0.6) is 0 Å². The second-order valence-electron chi connectivity index (χ2n) is 4.02. The Morgan fingerprint density at radius 1 is 1.31 bits per heavy atom. The number of alkyl halides is 3. The van der Waals surface area contributed by atoms with Gasteiger partial charge in [-0.1, -0.05) is 53.4 Å². The summed E-state index contributed by atoms with van der Waals surface area (Å²) in [5.74, 6) is 0. The van der Waals surface area contributed by atoms with E-state index in [-0.39, 0.29) is 6.04 Å². The highest BCUT2D eigenvalue weighted by Gasteiger charge is 2.31. The van der Waals surface area contributed by atoms with Crippen LogP contribution in [-0.4, -0.2) is 15.0 Å². The molecule has 1 aromatic rings. The third kappa shape index (κ3) is 3.25. The lowest BCUT2D eigenvalue weighted by Gasteiger charge is -2.13. The maximum absolute atomic E-state index is 5.88. The van der Waals surface area contributed by atoms with Crippen LogP contribution in [0.4, 0.5) is 0 Å². The van der Waals surface area contributed by atoms with Crippen LogP contribution in [0, 0.1) is 0 Å². The first-order valence-electron chi connectivity index (χ1n) is 5.39. The van der Waals surface area contributed by atoms with Crippen molar-refractivity contribution >= 4 is 34.8 Å². The van der Waals surface area contributed by atoms with Crippen LogP contribution in [0.2, 0.25) is 0 Å². The van der Waals surface area contributed by atoms with Gasteiger partial charge in [0, 0.05) is 6.04 Å². The molecule has 0 atom stereocenters. The summed E-state index contributed by atoms with van der Waals surface area (Å²) >= 11 is 17.6. The van der Waals surface area contributed by atoms with Gasteiger partial charge in [0.2, 0.25) is 3.79 Å². The summed E-state index contributed by atoms with van der Waals surface area (Å²) in [6, 6.07) is 0.223. The molecule has 0 fully saturated rings. The van der Waals surface area contributed by atoms with E-state index in [1.165, 1.54) is 0 Å². The van der Waals surface area contributed by atoms with Gasteiger partial charge >= 0.3 is 0 Å². The van der Waals surface area contributed by atoms with Gasteiger partial charge < -0.3 is 0 Å². The predicted molar refractivity (Wildman–Crippen MR) is 68.3 cm³/mol. The smallest absolute Gasteiger partial charge is 0.236 e. The molecule has 0 saturated carbocycles. The average Bonchev–Trinajstić information content (AvgIpc) is 2.57.